The Balaban J connectivity index is 1.43. The largest absolute Gasteiger partial charge is 0.454 e. The Kier molecular flexibility index (Phi) is 3.60. The van der Waals surface area contributed by atoms with Gasteiger partial charge in [0.05, 0.1) is 12.6 Å². The average Bonchev–Trinajstić information content (AvgIpc) is 3.34. The molecule has 0 saturated heterocycles. The number of carbonyl (C=O) groups is 1. The lowest BCUT2D eigenvalue weighted by molar-refractivity contribution is 0.0681. The van der Waals surface area contributed by atoms with Gasteiger partial charge in [-0.15, -0.1) is 10.2 Å². The Morgan fingerprint density at radius 1 is 1.07 bits per heavy atom. The standard InChI is InChI=1S/C20H18N4O3/c1-13-10-23(20(25)15-7-8-16-17(9-15)27-12-26-16)11-18-21-22-19(24(13)18)14-5-3-2-4-6-14/h2-9,13H,10-12H2,1H3/t13-/m0/s1. The summed E-state index contributed by atoms with van der Waals surface area (Å²) in [6.07, 6.45) is 0. The number of ether oxygens (including phenoxy) is 2. The van der Waals surface area contributed by atoms with Crippen molar-refractivity contribution in [2.45, 2.75) is 19.5 Å². The molecule has 0 spiro atoms. The fourth-order valence-electron chi connectivity index (χ4n) is 3.68. The highest BCUT2D eigenvalue weighted by molar-refractivity contribution is 5.95. The Bertz CT molecular complexity index is 1020. The fourth-order valence-corrected chi connectivity index (χ4v) is 3.68. The molecule has 0 fully saturated rings. The van der Waals surface area contributed by atoms with Gasteiger partial charge >= 0.3 is 0 Å². The highest BCUT2D eigenvalue weighted by atomic mass is 16.7. The first-order valence-corrected chi connectivity index (χ1v) is 8.89. The van der Waals surface area contributed by atoms with Crippen molar-refractivity contribution in [3.63, 3.8) is 0 Å². The summed E-state index contributed by atoms with van der Waals surface area (Å²) >= 11 is 0. The predicted octanol–water partition coefficient (Wildman–Crippen LogP) is 2.89. The minimum atomic E-state index is -0.0457. The average molecular weight is 362 g/mol. The predicted molar refractivity (Wildman–Crippen MR) is 97.5 cm³/mol. The SMILES string of the molecule is C[C@H]1CN(C(=O)c2ccc3c(c2)OCO3)Cc2nnc(-c3ccccc3)n21. The lowest BCUT2D eigenvalue weighted by Crippen LogP contribution is -2.40. The number of rotatable bonds is 2. The van der Waals surface area contributed by atoms with E-state index >= 15 is 0 Å². The van der Waals surface area contributed by atoms with E-state index in [4.69, 9.17) is 9.47 Å². The second-order valence-electron chi connectivity index (χ2n) is 6.78. The second kappa shape index (κ2) is 6.12. The van der Waals surface area contributed by atoms with Crippen molar-refractivity contribution < 1.29 is 14.3 Å². The fraction of sp³-hybridized carbons (Fsp3) is 0.250. The summed E-state index contributed by atoms with van der Waals surface area (Å²) in [4.78, 5) is 14.8. The van der Waals surface area contributed by atoms with Crippen LogP contribution in [0.3, 0.4) is 0 Å². The molecule has 1 aromatic heterocycles. The molecule has 5 rings (SSSR count). The van der Waals surface area contributed by atoms with E-state index in [1.54, 1.807) is 23.1 Å². The molecular formula is C20H18N4O3. The summed E-state index contributed by atoms with van der Waals surface area (Å²) in [6.45, 7) is 3.30. The molecule has 0 saturated carbocycles. The smallest absolute Gasteiger partial charge is 0.254 e. The molecule has 0 aliphatic carbocycles. The highest BCUT2D eigenvalue weighted by Gasteiger charge is 2.30. The Morgan fingerprint density at radius 2 is 1.89 bits per heavy atom. The Hall–Kier alpha value is -3.35. The number of benzene rings is 2. The van der Waals surface area contributed by atoms with Gasteiger partial charge < -0.3 is 18.9 Å². The van der Waals surface area contributed by atoms with Gasteiger partial charge in [-0.3, -0.25) is 4.79 Å². The highest BCUT2D eigenvalue weighted by Crippen LogP contribution is 2.34. The molecule has 27 heavy (non-hydrogen) atoms. The van der Waals surface area contributed by atoms with Crippen molar-refractivity contribution >= 4 is 5.91 Å². The molecule has 7 heteroatoms. The van der Waals surface area contributed by atoms with Gasteiger partial charge in [0.1, 0.15) is 0 Å². The summed E-state index contributed by atoms with van der Waals surface area (Å²) in [5, 5.41) is 8.71. The zero-order chi connectivity index (χ0) is 18.4. The minimum absolute atomic E-state index is 0.0457. The van der Waals surface area contributed by atoms with Crippen LogP contribution in [0.4, 0.5) is 0 Å². The lowest BCUT2D eigenvalue weighted by atomic mass is 10.1. The Morgan fingerprint density at radius 3 is 2.74 bits per heavy atom. The molecule has 1 atom stereocenters. The lowest BCUT2D eigenvalue weighted by Gasteiger charge is -2.32. The summed E-state index contributed by atoms with van der Waals surface area (Å²) in [5.41, 5.74) is 1.61. The third kappa shape index (κ3) is 2.63. The minimum Gasteiger partial charge on any atom is -0.454 e. The van der Waals surface area contributed by atoms with Crippen molar-refractivity contribution in [2.24, 2.45) is 0 Å². The van der Waals surface area contributed by atoms with Crippen LogP contribution in [0.2, 0.25) is 0 Å². The monoisotopic (exact) mass is 362 g/mol. The topological polar surface area (TPSA) is 69.5 Å². The van der Waals surface area contributed by atoms with Crippen molar-refractivity contribution in [2.75, 3.05) is 13.3 Å². The number of nitrogens with zero attached hydrogens (tertiary/aromatic N) is 4. The van der Waals surface area contributed by atoms with Crippen LogP contribution >= 0.6 is 0 Å². The first kappa shape index (κ1) is 15.9. The molecule has 1 amide bonds. The number of hydrogen-bond donors (Lipinski definition) is 0. The quantitative estimate of drug-likeness (QED) is 0.701. The summed E-state index contributed by atoms with van der Waals surface area (Å²) in [7, 11) is 0. The van der Waals surface area contributed by atoms with Crippen LogP contribution < -0.4 is 9.47 Å². The van der Waals surface area contributed by atoms with E-state index in [1.165, 1.54) is 0 Å². The van der Waals surface area contributed by atoms with Gasteiger partial charge in [0.25, 0.3) is 5.91 Å². The normalized spacial score (nSPS) is 17.7. The number of fused-ring (bicyclic) bond motifs is 2. The van der Waals surface area contributed by atoms with Crippen LogP contribution in [0.25, 0.3) is 11.4 Å². The van der Waals surface area contributed by atoms with Crippen molar-refractivity contribution in [1.29, 1.82) is 0 Å². The third-order valence-corrected chi connectivity index (χ3v) is 4.96. The van der Waals surface area contributed by atoms with Gasteiger partial charge in [0.2, 0.25) is 6.79 Å². The molecule has 0 radical (unpaired) electrons. The number of amides is 1. The molecule has 2 aliphatic rings. The van der Waals surface area contributed by atoms with Crippen LogP contribution in [-0.4, -0.2) is 38.9 Å². The molecular weight excluding hydrogens is 344 g/mol. The number of carbonyl (C=O) groups excluding carboxylic acids is 1. The molecule has 3 aromatic rings. The summed E-state index contributed by atoms with van der Waals surface area (Å²) < 4.78 is 12.8. The van der Waals surface area contributed by atoms with E-state index < -0.39 is 0 Å². The number of aromatic nitrogens is 3. The van der Waals surface area contributed by atoms with Crippen molar-refractivity contribution in [3.8, 4) is 22.9 Å². The molecule has 136 valence electrons. The van der Waals surface area contributed by atoms with Crippen LogP contribution in [0, 0.1) is 0 Å². The van der Waals surface area contributed by atoms with E-state index in [0.717, 1.165) is 17.2 Å². The third-order valence-electron chi connectivity index (χ3n) is 4.96. The van der Waals surface area contributed by atoms with E-state index in [9.17, 15) is 4.79 Å². The van der Waals surface area contributed by atoms with E-state index in [0.29, 0.717) is 30.2 Å². The van der Waals surface area contributed by atoms with Gasteiger partial charge in [0, 0.05) is 17.7 Å². The first-order chi connectivity index (χ1) is 13.2. The Labute approximate surface area is 156 Å². The molecule has 3 heterocycles. The zero-order valence-corrected chi connectivity index (χ0v) is 14.8. The second-order valence-corrected chi connectivity index (χ2v) is 6.78. The summed E-state index contributed by atoms with van der Waals surface area (Å²) in [5.74, 6) is 2.87. The maximum atomic E-state index is 13.0. The molecule has 0 unspecified atom stereocenters. The van der Waals surface area contributed by atoms with Gasteiger partial charge in [-0.05, 0) is 25.1 Å². The maximum Gasteiger partial charge on any atom is 0.254 e. The molecule has 2 aliphatic heterocycles. The molecule has 0 N–H and O–H groups in total. The van der Waals surface area contributed by atoms with Crippen LogP contribution in [-0.2, 0) is 6.54 Å². The van der Waals surface area contributed by atoms with Gasteiger partial charge in [0.15, 0.2) is 23.1 Å². The molecule has 2 aromatic carbocycles. The van der Waals surface area contributed by atoms with Crippen LogP contribution in [0.15, 0.2) is 48.5 Å². The van der Waals surface area contributed by atoms with Crippen LogP contribution in [0.1, 0.15) is 29.1 Å². The summed E-state index contributed by atoms with van der Waals surface area (Å²) in [6, 6.07) is 15.4. The van der Waals surface area contributed by atoms with E-state index in [1.807, 2.05) is 30.3 Å². The zero-order valence-electron chi connectivity index (χ0n) is 14.8. The van der Waals surface area contributed by atoms with Crippen LogP contribution in [0.5, 0.6) is 11.5 Å². The van der Waals surface area contributed by atoms with E-state index in [2.05, 4.69) is 21.7 Å². The van der Waals surface area contributed by atoms with Crippen molar-refractivity contribution in [3.05, 3.63) is 59.9 Å². The van der Waals surface area contributed by atoms with Crippen molar-refractivity contribution in [1.82, 2.24) is 19.7 Å². The van der Waals surface area contributed by atoms with Gasteiger partial charge in [-0.1, -0.05) is 30.3 Å². The number of hydrogen-bond acceptors (Lipinski definition) is 5. The maximum absolute atomic E-state index is 13.0. The molecule has 0 bridgehead atoms. The molecule has 7 nitrogen and oxygen atoms in total. The van der Waals surface area contributed by atoms with E-state index in [-0.39, 0.29) is 18.7 Å². The van der Waals surface area contributed by atoms with Gasteiger partial charge in [-0.25, -0.2) is 0 Å². The van der Waals surface area contributed by atoms with Gasteiger partial charge in [-0.2, -0.15) is 0 Å². The first-order valence-electron chi connectivity index (χ1n) is 8.89.